The minimum atomic E-state index is -4.92. The lowest BCUT2D eigenvalue weighted by Crippen LogP contribution is -2.24. The molecule has 41 heavy (non-hydrogen) atoms. The smallest absolute Gasteiger partial charge is 0.378 e. The van der Waals surface area contributed by atoms with Gasteiger partial charge in [0, 0.05) is 23.3 Å². The van der Waals surface area contributed by atoms with Crippen LogP contribution < -0.4 is 0 Å². The first-order chi connectivity index (χ1) is 19.5. The van der Waals surface area contributed by atoms with Crippen LogP contribution in [-0.4, -0.2) is 18.9 Å². The van der Waals surface area contributed by atoms with Gasteiger partial charge in [-0.3, -0.25) is 0 Å². The molecule has 2 unspecified atom stereocenters. The zero-order valence-corrected chi connectivity index (χ0v) is 22.9. The Kier molecular flexibility index (Phi) is 9.28. The molecule has 4 aromatic rings. The number of hydrogen-bond acceptors (Lipinski definition) is 1. The Morgan fingerprint density at radius 3 is 2.17 bits per heavy atom. The van der Waals surface area contributed by atoms with E-state index >= 15 is 8.78 Å². The van der Waals surface area contributed by atoms with E-state index in [1.807, 2.05) is 13.8 Å². The van der Waals surface area contributed by atoms with E-state index in [4.69, 9.17) is 4.74 Å². The van der Waals surface area contributed by atoms with Gasteiger partial charge >= 0.3 is 6.18 Å². The van der Waals surface area contributed by atoms with E-state index in [2.05, 4.69) is 6.92 Å². The summed E-state index contributed by atoms with van der Waals surface area (Å²) in [5.41, 5.74) is -0.447. The molecule has 1 nitrogen and oxygen atoms in total. The van der Waals surface area contributed by atoms with Gasteiger partial charge in [0.05, 0.1) is 17.2 Å². The van der Waals surface area contributed by atoms with Crippen molar-refractivity contribution in [1.29, 1.82) is 0 Å². The Balaban J connectivity index is 0.00000189. The molecule has 1 aliphatic heterocycles. The third-order valence-electron chi connectivity index (χ3n) is 7.09. The number of rotatable bonds is 4. The summed E-state index contributed by atoms with van der Waals surface area (Å²) in [5.74, 6) is -1.39. The number of aryl methyl sites for hydroxylation is 1. The molecule has 0 aliphatic carbocycles. The van der Waals surface area contributed by atoms with Crippen LogP contribution in [0, 0.1) is 41.0 Å². The fourth-order valence-corrected chi connectivity index (χ4v) is 5.03. The summed E-state index contributed by atoms with van der Waals surface area (Å²) in [5, 5.41) is 0.270. The Morgan fingerprint density at radius 2 is 1.49 bits per heavy atom. The summed E-state index contributed by atoms with van der Waals surface area (Å²) in [6, 6.07) is 10.7. The molecule has 4 aromatic carbocycles. The number of alkyl halides is 3. The van der Waals surface area contributed by atoms with Gasteiger partial charge in [0.2, 0.25) is 0 Å². The highest BCUT2D eigenvalue weighted by molar-refractivity contribution is 5.93. The van der Waals surface area contributed by atoms with Crippen LogP contribution in [0.3, 0.4) is 0 Å². The molecule has 2 atom stereocenters. The number of fused-ring (bicyclic) bond motifs is 2. The molecule has 0 radical (unpaired) electrons. The molecular formula is C33H29F7O. The first-order valence-electron chi connectivity index (χ1n) is 13.5. The molecule has 1 aliphatic rings. The fraction of sp³-hybridized carbons (Fsp3) is 0.333. The first kappa shape index (κ1) is 30.4. The van der Waals surface area contributed by atoms with Crippen molar-refractivity contribution < 1.29 is 35.5 Å². The third-order valence-corrected chi connectivity index (χ3v) is 7.09. The van der Waals surface area contributed by atoms with Gasteiger partial charge < -0.3 is 4.74 Å². The zero-order chi connectivity index (χ0) is 29.9. The van der Waals surface area contributed by atoms with Crippen LogP contribution in [0.25, 0.3) is 32.7 Å². The normalized spacial score (nSPS) is 17.1. The van der Waals surface area contributed by atoms with E-state index in [1.54, 1.807) is 18.2 Å². The number of benzene rings is 4. The van der Waals surface area contributed by atoms with Crippen LogP contribution in [0.15, 0.2) is 48.5 Å². The van der Waals surface area contributed by atoms with Crippen LogP contribution in [0.2, 0.25) is 0 Å². The Labute approximate surface area is 234 Å². The van der Waals surface area contributed by atoms with Gasteiger partial charge in [-0.25, -0.2) is 17.6 Å². The fourth-order valence-electron chi connectivity index (χ4n) is 5.03. The number of hydrogen-bond donors (Lipinski definition) is 0. The average Bonchev–Trinajstić information content (AvgIpc) is 2.93. The van der Waals surface area contributed by atoms with Gasteiger partial charge in [-0.2, -0.15) is 13.2 Å². The largest absolute Gasteiger partial charge is 0.458 e. The van der Waals surface area contributed by atoms with Gasteiger partial charge in [-0.15, -0.1) is 0 Å². The predicted octanol–water partition coefficient (Wildman–Crippen LogP) is 9.90. The van der Waals surface area contributed by atoms with Crippen molar-refractivity contribution >= 4 is 21.5 Å². The second-order valence-corrected chi connectivity index (χ2v) is 10.0. The van der Waals surface area contributed by atoms with Gasteiger partial charge in [0.25, 0.3) is 0 Å². The molecule has 1 saturated heterocycles. The van der Waals surface area contributed by atoms with Crippen molar-refractivity contribution in [2.24, 2.45) is 5.92 Å². The SMILES string of the molecule is CC.CC1CCC(CCc2ccc3c(F)c(-c4ccc5c(F)c(C#CC(F)(F)F)c(F)cc5c4)c(F)cc3c2)OC1. The van der Waals surface area contributed by atoms with Crippen molar-refractivity contribution in [3.63, 3.8) is 0 Å². The molecule has 0 saturated carbocycles. The van der Waals surface area contributed by atoms with Crippen molar-refractivity contribution in [1.82, 2.24) is 0 Å². The van der Waals surface area contributed by atoms with Gasteiger partial charge in [-0.05, 0) is 71.7 Å². The van der Waals surface area contributed by atoms with Crippen LogP contribution in [0.4, 0.5) is 30.7 Å². The molecule has 8 heteroatoms. The minimum Gasteiger partial charge on any atom is -0.378 e. The topological polar surface area (TPSA) is 9.23 Å². The molecule has 0 N–H and O–H groups in total. The van der Waals surface area contributed by atoms with E-state index in [0.29, 0.717) is 17.7 Å². The van der Waals surface area contributed by atoms with E-state index in [-0.39, 0.29) is 33.4 Å². The predicted molar refractivity (Wildman–Crippen MR) is 147 cm³/mol. The van der Waals surface area contributed by atoms with Crippen LogP contribution in [0.5, 0.6) is 0 Å². The quantitative estimate of drug-likeness (QED) is 0.174. The van der Waals surface area contributed by atoms with E-state index in [1.165, 1.54) is 24.1 Å². The van der Waals surface area contributed by atoms with Crippen LogP contribution in [-0.2, 0) is 11.2 Å². The number of ether oxygens (including phenoxy) is 1. The van der Waals surface area contributed by atoms with Gasteiger partial charge in [0.1, 0.15) is 23.3 Å². The van der Waals surface area contributed by atoms with Crippen molar-refractivity contribution in [3.05, 3.63) is 82.9 Å². The first-order valence-corrected chi connectivity index (χ1v) is 13.5. The lowest BCUT2D eigenvalue weighted by atomic mass is 9.94. The van der Waals surface area contributed by atoms with Crippen molar-refractivity contribution in [3.8, 4) is 23.0 Å². The summed E-state index contributed by atoms with van der Waals surface area (Å²) in [6.07, 6.45) is -1.13. The van der Waals surface area contributed by atoms with Gasteiger partial charge in [0.15, 0.2) is 0 Å². The monoisotopic (exact) mass is 574 g/mol. The molecule has 1 heterocycles. The van der Waals surface area contributed by atoms with Crippen molar-refractivity contribution in [2.45, 2.75) is 58.7 Å². The van der Waals surface area contributed by atoms with Crippen molar-refractivity contribution in [2.75, 3.05) is 6.61 Å². The summed E-state index contributed by atoms with van der Waals surface area (Å²) in [6.45, 7) is 6.89. The zero-order valence-electron chi connectivity index (χ0n) is 22.9. The highest BCUT2D eigenvalue weighted by atomic mass is 19.4. The maximum atomic E-state index is 15.6. The molecule has 1 fully saturated rings. The molecule has 0 amide bonds. The van der Waals surface area contributed by atoms with E-state index in [0.717, 1.165) is 49.5 Å². The summed E-state index contributed by atoms with van der Waals surface area (Å²) in [4.78, 5) is 0. The maximum Gasteiger partial charge on any atom is 0.458 e. The number of halogens is 7. The van der Waals surface area contributed by atoms with E-state index < -0.39 is 35.0 Å². The molecule has 0 spiro atoms. The Hall–Kier alpha value is -3.57. The lowest BCUT2D eigenvalue weighted by Gasteiger charge is -2.26. The molecule has 0 aromatic heterocycles. The molecule has 216 valence electrons. The Morgan fingerprint density at radius 1 is 0.829 bits per heavy atom. The second kappa shape index (κ2) is 12.5. The summed E-state index contributed by atoms with van der Waals surface area (Å²) in [7, 11) is 0. The molecular weight excluding hydrogens is 545 g/mol. The van der Waals surface area contributed by atoms with Gasteiger partial charge in [-0.1, -0.05) is 57.0 Å². The Bertz CT molecular complexity index is 1620. The molecule has 5 rings (SSSR count). The second-order valence-electron chi connectivity index (χ2n) is 10.0. The summed E-state index contributed by atoms with van der Waals surface area (Å²) < 4.78 is 103. The van der Waals surface area contributed by atoms with Crippen LogP contribution in [0.1, 0.15) is 51.2 Å². The standard InChI is InChI=1S/C31H23F7O.C2H6/c1-17-2-6-22(39-16-17)7-3-18-4-8-24-20(12-18)15-27(33)28(30(24)35)19-5-9-23-21(13-19)14-26(32)25(29(23)34)10-11-31(36,37)38;1-2/h4-5,8-9,12-15,17,22H,2-3,6-7,16H2,1H3;1-2H3. The summed E-state index contributed by atoms with van der Waals surface area (Å²) >= 11 is 0. The third kappa shape index (κ3) is 6.84. The van der Waals surface area contributed by atoms with E-state index in [9.17, 15) is 22.0 Å². The molecule has 0 bridgehead atoms. The van der Waals surface area contributed by atoms with Crippen LogP contribution >= 0.6 is 0 Å². The highest BCUT2D eigenvalue weighted by Gasteiger charge is 2.24. The average molecular weight is 575 g/mol. The highest BCUT2D eigenvalue weighted by Crippen LogP contribution is 2.35. The maximum absolute atomic E-state index is 15.6. The lowest BCUT2D eigenvalue weighted by molar-refractivity contribution is -0.0696. The minimum absolute atomic E-state index is 0.0278.